The average Bonchev–Trinajstić information content (AvgIpc) is 3.16. The van der Waals surface area contributed by atoms with Gasteiger partial charge in [-0.05, 0) is 23.3 Å². The highest BCUT2D eigenvalue weighted by atomic mass is 32.2. The number of hydrogen-bond donors (Lipinski definition) is 0. The Morgan fingerprint density at radius 1 is 1.14 bits per heavy atom. The van der Waals surface area contributed by atoms with Crippen molar-refractivity contribution >= 4 is 17.7 Å². The molecule has 2 aromatic carbocycles. The summed E-state index contributed by atoms with van der Waals surface area (Å²) in [5, 5.41) is 0.827. The number of hydrogen-bond acceptors (Lipinski definition) is 5. The number of carbonyl (C=O) groups excluding carboxylic acids is 1. The van der Waals surface area contributed by atoms with Gasteiger partial charge in [-0.25, -0.2) is 4.98 Å². The predicted octanol–water partition coefficient (Wildman–Crippen LogP) is 3.76. The number of ether oxygens (including phenoxy) is 2. The number of aryl methyl sites for hydroxylation is 1. The molecule has 7 heteroatoms. The van der Waals surface area contributed by atoms with Gasteiger partial charge in [-0.2, -0.15) is 0 Å². The third kappa shape index (κ3) is 5.77. The van der Waals surface area contributed by atoms with Gasteiger partial charge in [0.1, 0.15) is 6.61 Å². The zero-order valence-electron chi connectivity index (χ0n) is 16.9. The van der Waals surface area contributed by atoms with Crippen molar-refractivity contribution in [1.82, 2.24) is 14.5 Å². The first-order valence-electron chi connectivity index (χ1n) is 9.24. The first-order valence-corrected chi connectivity index (χ1v) is 10.2. The van der Waals surface area contributed by atoms with Gasteiger partial charge in [0.25, 0.3) is 0 Å². The fraction of sp³-hybridized carbons (Fsp3) is 0.273. The molecular weight excluding hydrogens is 386 g/mol. The van der Waals surface area contributed by atoms with Gasteiger partial charge >= 0.3 is 0 Å². The minimum atomic E-state index is 0.0429. The predicted molar refractivity (Wildman–Crippen MR) is 114 cm³/mol. The lowest BCUT2D eigenvalue weighted by molar-refractivity contribution is -0.127. The van der Waals surface area contributed by atoms with Gasteiger partial charge in [-0.15, -0.1) is 0 Å². The molecule has 3 rings (SSSR count). The molecule has 6 nitrogen and oxygen atoms in total. The summed E-state index contributed by atoms with van der Waals surface area (Å²) in [6.07, 6.45) is 3.59. The van der Waals surface area contributed by atoms with E-state index in [9.17, 15) is 4.79 Å². The van der Waals surface area contributed by atoms with E-state index in [1.165, 1.54) is 11.8 Å². The first kappa shape index (κ1) is 20.8. The van der Waals surface area contributed by atoms with Crippen LogP contribution in [0.15, 0.2) is 66.1 Å². The van der Waals surface area contributed by atoms with E-state index in [2.05, 4.69) is 4.98 Å². The van der Waals surface area contributed by atoms with E-state index in [-0.39, 0.29) is 5.91 Å². The topological polar surface area (TPSA) is 56.6 Å². The molecule has 0 saturated heterocycles. The van der Waals surface area contributed by atoms with Crippen LogP contribution in [0, 0.1) is 0 Å². The van der Waals surface area contributed by atoms with E-state index in [1.807, 2.05) is 66.3 Å². The lowest BCUT2D eigenvalue weighted by Gasteiger charge is -2.18. The number of amides is 1. The molecule has 1 amide bonds. The smallest absolute Gasteiger partial charge is 0.233 e. The molecule has 0 N–H and O–H groups in total. The Bertz CT molecular complexity index is 943. The lowest BCUT2D eigenvalue weighted by atomic mass is 10.2. The highest BCUT2D eigenvalue weighted by Gasteiger charge is 2.13. The van der Waals surface area contributed by atoms with E-state index in [0.717, 1.165) is 16.3 Å². The Morgan fingerprint density at radius 3 is 2.62 bits per heavy atom. The van der Waals surface area contributed by atoms with Crippen LogP contribution in [-0.2, 0) is 25.0 Å². The van der Waals surface area contributed by atoms with Crippen molar-refractivity contribution in [3.05, 3.63) is 72.1 Å². The van der Waals surface area contributed by atoms with Gasteiger partial charge in [-0.3, -0.25) is 4.79 Å². The van der Waals surface area contributed by atoms with Crippen molar-refractivity contribution in [1.29, 1.82) is 0 Å². The van der Waals surface area contributed by atoms with Crippen LogP contribution in [-0.4, -0.2) is 40.3 Å². The summed E-state index contributed by atoms with van der Waals surface area (Å²) in [6, 6.07) is 15.7. The zero-order valence-corrected chi connectivity index (χ0v) is 17.7. The second-order valence-electron chi connectivity index (χ2n) is 6.62. The van der Waals surface area contributed by atoms with Crippen molar-refractivity contribution in [3.63, 3.8) is 0 Å². The monoisotopic (exact) mass is 411 g/mol. The fourth-order valence-corrected chi connectivity index (χ4v) is 3.63. The molecule has 0 unspecified atom stereocenters. The SMILES string of the molecule is COc1cc(CN(C)C(=O)CSc2nccn2C)ccc1OCc1ccccc1. The molecular formula is C22H25N3O3S. The molecule has 152 valence electrons. The van der Waals surface area contributed by atoms with E-state index in [4.69, 9.17) is 9.47 Å². The summed E-state index contributed by atoms with van der Waals surface area (Å²) in [7, 11) is 5.33. The molecule has 3 aromatic rings. The highest BCUT2D eigenvalue weighted by molar-refractivity contribution is 7.99. The number of aromatic nitrogens is 2. The number of carbonyl (C=O) groups is 1. The molecule has 0 fully saturated rings. The molecule has 0 atom stereocenters. The Labute approximate surface area is 175 Å². The van der Waals surface area contributed by atoms with E-state index < -0.39 is 0 Å². The summed E-state index contributed by atoms with van der Waals surface area (Å²) in [5.41, 5.74) is 2.07. The fourth-order valence-electron chi connectivity index (χ4n) is 2.75. The normalized spacial score (nSPS) is 10.6. The third-order valence-corrected chi connectivity index (χ3v) is 5.46. The van der Waals surface area contributed by atoms with Crippen LogP contribution in [0.25, 0.3) is 0 Å². The molecule has 0 aliphatic carbocycles. The Balaban J connectivity index is 1.57. The molecule has 0 spiro atoms. The van der Waals surface area contributed by atoms with Crippen LogP contribution < -0.4 is 9.47 Å². The van der Waals surface area contributed by atoms with Gasteiger partial charge in [0, 0.05) is 33.0 Å². The molecule has 0 aliphatic rings. The molecule has 29 heavy (non-hydrogen) atoms. The zero-order chi connectivity index (χ0) is 20.6. The van der Waals surface area contributed by atoms with Crippen LogP contribution in [0.1, 0.15) is 11.1 Å². The minimum absolute atomic E-state index is 0.0429. The first-order chi connectivity index (χ1) is 14.1. The number of rotatable bonds is 9. The van der Waals surface area contributed by atoms with Gasteiger partial charge in [0.15, 0.2) is 16.7 Å². The summed E-state index contributed by atoms with van der Waals surface area (Å²) >= 11 is 1.43. The van der Waals surface area contributed by atoms with E-state index in [1.54, 1.807) is 25.3 Å². The second-order valence-corrected chi connectivity index (χ2v) is 7.56. The number of imidazole rings is 1. The number of thioether (sulfide) groups is 1. The van der Waals surface area contributed by atoms with Gasteiger partial charge < -0.3 is 18.9 Å². The minimum Gasteiger partial charge on any atom is -0.493 e. The average molecular weight is 412 g/mol. The number of benzene rings is 2. The molecule has 0 radical (unpaired) electrons. The number of nitrogens with zero attached hydrogens (tertiary/aromatic N) is 3. The van der Waals surface area contributed by atoms with Crippen molar-refractivity contribution in [2.75, 3.05) is 19.9 Å². The molecule has 0 saturated carbocycles. The van der Waals surface area contributed by atoms with Gasteiger partial charge in [0.05, 0.1) is 12.9 Å². The van der Waals surface area contributed by atoms with Crippen molar-refractivity contribution in [2.45, 2.75) is 18.3 Å². The highest BCUT2D eigenvalue weighted by Crippen LogP contribution is 2.29. The largest absolute Gasteiger partial charge is 0.493 e. The van der Waals surface area contributed by atoms with E-state index in [0.29, 0.717) is 30.4 Å². The van der Waals surface area contributed by atoms with Crippen molar-refractivity contribution < 1.29 is 14.3 Å². The van der Waals surface area contributed by atoms with Crippen LogP contribution >= 0.6 is 11.8 Å². The van der Waals surface area contributed by atoms with Crippen LogP contribution in [0.4, 0.5) is 0 Å². The molecule has 1 heterocycles. The summed E-state index contributed by atoms with van der Waals surface area (Å²) in [4.78, 5) is 18.4. The lowest BCUT2D eigenvalue weighted by Crippen LogP contribution is -2.27. The Hall–Kier alpha value is -2.93. The van der Waals surface area contributed by atoms with Gasteiger partial charge in [-0.1, -0.05) is 48.2 Å². The molecule has 1 aromatic heterocycles. The third-order valence-electron chi connectivity index (χ3n) is 4.41. The van der Waals surface area contributed by atoms with Crippen LogP contribution in [0.3, 0.4) is 0 Å². The maximum atomic E-state index is 12.4. The van der Waals surface area contributed by atoms with Crippen molar-refractivity contribution in [3.8, 4) is 11.5 Å². The number of methoxy groups -OCH3 is 1. The van der Waals surface area contributed by atoms with E-state index >= 15 is 0 Å². The van der Waals surface area contributed by atoms with Gasteiger partial charge in [0.2, 0.25) is 5.91 Å². The van der Waals surface area contributed by atoms with Crippen LogP contribution in [0.2, 0.25) is 0 Å². The Kier molecular flexibility index (Phi) is 7.19. The molecule has 0 bridgehead atoms. The quantitative estimate of drug-likeness (QED) is 0.502. The second kappa shape index (κ2) is 10.0. The summed E-state index contributed by atoms with van der Waals surface area (Å²) < 4.78 is 13.3. The Morgan fingerprint density at radius 2 is 1.93 bits per heavy atom. The maximum absolute atomic E-state index is 12.4. The van der Waals surface area contributed by atoms with Crippen molar-refractivity contribution in [2.24, 2.45) is 7.05 Å². The maximum Gasteiger partial charge on any atom is 0.233 e. The van der Waals surface area contributed by atoms with Crippen LogP contribution in [0.5, 0.6) is 11.5 Å². The molecule has 0 aliphatic heterocycles. The summed E-state index contributed by atoms with van der Waals surface area (Å²) in [5.74, 6) is 1.72. The summed E-state index contributed by atoms with van der Waals surface area (Å²) in [6.45, 7) is 0.967. The standard InChI is InChI=1S/C22H25N3O3S/c1-24-12-11-23-22(24)29-16-21(26)25(2)14-18-9-10-19(20(13-18)27-3)28-15-17-7-5-4-6-8-17/h4-13H,14-16H2,1-3H3.